The molecule has 148 valence electrons. The number of likely N-dealkylation sites (tertiary alicyclic amines) is 2. The molecule has 5 heteroatoms. The average molecular weight is 373 g/mol. The number of carbonyl (C=O) groups is 2. The first-order valence-corrected chi connectivity index (χ1v) is 10.4. The van der Waals surface area contributed by atoms with Gasteiger partial charge in [-0.15, -0.1) is 0 Å². The van der Waals surface area contributed by atoms with Crippen molar-refractivity contribution in [1.82, 2.24) is 9.80 Å². The van der Waals surface area contributed by atoms with Crippen LogP contribution in [0.3, 0.4) is 0 Å². The summed E-state index contributed by atoms with van der Waals surface area (Å²) in [7, 11) is 1.66. The Kier molecular flexibility index (Phi) is 7.13. The molecule has 1 atom stereocenters. The largest absolute Gasteiger partial charge is 0.497 e. The summed E-state index contributed by atoms with van der Waals surface area (Å²) in [4.78, 5) is 29.3. The molecule has 1 aromatic carbocycles. The Hall–Kier alpha value is -2.04. The maximum Gasteiger partial charge on any atom is 0.227 e. The van der Waals surface area contributed by atoms with Crippen LogP contribution in [-0.4, -0.2) is 54.9 Å². The molecule has 0 unspecified atom stereocenters. The highest BCUT2D eigenvalue weighted by atomic mass is 16.5. The maximum atomic E-state index is 13.0. The molecule has 0 aromatic heterocycles. The molecule has 27 heavy (non-hydrogen) atoms. The normalized spacial score (nSPS) is 21.5. The highest BCUT2D eigenvalue weighted by Gasteiger charge is 2.32. The van der Waals surface area contributed by atoms with E-state index < -0.39 is 0 Å². The Morgan fingerprint density at radius 3 is 2.41 bits per heavy atom. The van der Waals surface area contributed by atoms with Gasteiger partial charge in [-0.1, -0.05) is 31.4 Å². The van der Waals surface area contributed by atoms with Crippen molar-refractivity contribution in [3.8, 4) is 5.75 Å². The third kappa shape index (κ3) is 5.47. The fourth-order valence-electron chi connectivity index (χ4n) is 4.11. The summed E-state index contributed by atoms with van der Waals surface area (Å²) in [5, 5.41) is 0. The number of nitrogens with zero attached hydrogens (tertiary/aromatic N) is 2. The molecular weight excluding hydrogens is 340 g/mol. The SMILES string of the molecule is COc1ccc(CCN2C[C@@H](C(=O)N3CCCCCCC3)CCC2=O)cc1. The molecule has 0 bridgehead atoms. The first kappa shape index (κ1) is 19.7. The highest BCUT2D eigenvalue weighted by molar-refractivity contribution is 5.84. The second-order valence-corrected chi connectivity index (χ2v) is 7.77. The summed E-state index contributed by atoms with van der Waals surface area (Å²) in [6, 6.07) is 7.97. The lowest BCUT2D eigenvalue weighted by atomic mass is 9.95. The molecular formula is C22H32N2O3. The van der Waals surface area contributed by atoms with E-state index in [0.717, 1.165) is 38.1 Å². The average Bonchev–Trinajstić information content (AvgIpc) is 2.67. The molecule has 2 fully saturated rings. The fraction of sp³-hybridized carbons (Fsp3) is 0.636. The zero-order valence-electron chi connectivity index (χ0n) is 16.5. The first-order chi connectivity index (χ1) is 13.2. The van der Waals surface area contributed by atoms with Gasteiger partial charge in [0.25, 0.3) is 0 Å². The van der Waals surface area contributed by atoms with Gasteiger partial charge in [0.2, 0.25) is 11.8 Å². The number of ether oxygens (including phenoxy) is 1. The van der Waals surface area contributed by atoms with Gasteiger partial charge in [-0.05, 0) is 43.4 Å². The van der Waals surface area contributed by atoms with Gasteiger partial charge in [0, 0.05) is 32.6 Å². The molecule has 0 N–H and O–H groups in total. The van der Waals surface area contributed by atoms with Crippen LogP contribution in [0.25, 0.3) is 0 Å². The van der Waals surface area contributed by atoms with Crippen molar-refractivity contribution < 1.29 is 14.3 Å². The minimum Gasteiger partial charge on any atom is -0.497 e. The van der Waals surface area contributed by atoms with Gasteiger partial charge in [0.1, 0.15) is 5.75 Å². The second-order valence-electron chi connectivity index (χ2n) is 7.77. The summed E-state index contributed by atoms with van der Waals surface area (Å²) < 4.78 is 5.19. The molecule has 5 nitrogen and oxygen atoms in total. The molecule has 0 spiro atoms. The number of hydrogen-bond donors (Lipinski definition) is 0. The van der Waals surface area contributed by atoms with Gasteiger partial charge in [-0.3, -0.25) is 9.59 Å². The van der Waals surface area contributed by atoms with Crippen molar-refractivity contribution in [1.29, 1.82) is 0 Å². The molecule has 2 aliphatic rings. The number of benzene rings is 1. The van der Waals surface area contributed by atoms with Crippen molar-refractivity contribution in [3.63, 3.8) is 0 Å². The van der Waals surface area contributed by atoms with Gasteiger partial charge < -0.3 is 14.5 Å². The number of amides is 2. The van der Waals surface area contributed by atoms with Crippen molar-refractivity contribution >= 4 is 11.8 Å². The van der Waals surface area contributed by atoms with E-state index in [1.54, 1.807) is 7.11 Å². The zero-order chi connectivity index (χ0) is 19.1. The summed E-state index contributed by atoms with van der Waals surface area (Å²) in [6.07, 6.45) is 7.96. The molecule has 0 radical (unpaired) electrons. The molecule has 2 heterocycles. The molecule has 3 rings (SSSR count). The summed E-state index contributed by atoms with van der Waals surface area (Å²) in [6.45, 7) is 3.02. The van der Waals surface area contributed by atoms with E-state index in [1.807, 2.05) is 29.2 Å². The minimum atomic E-state index is -0.0296. The molecule has 0 aliphatic carbocycles. The van der Waals surface area contributed by atoms with E-state index in [9.17, 15) is 9.59 Å². The first-order valence-electron chi connectivity index (χ1n) is 10.4. The topological polar surface area (TPSA) is 49.9 Å². The van der Waals surface area contributed by atoms with E-state index in [-0.39, 0.29) is 17.7 Å². The van der Waals surface area contributed by atoms with Gasteiger partial charge in [-0.25, -0.2) is 0 Å². The predicted octanol–water partition coefficient (Wildman–Crippen LogP) is 3.27. The van der Waals surface area contributed by atoms with Gasteiger partial charge >= 0.3 is 0 Å². The minimum absolute atomic E-state index is 0.0296. The van der Waals surface area contributed by atoms with Crippen LogP contribution in [0.15, 0.2) is 24.3 Å². The lowest BCUT2D eigenvalue weighted by molar-refractivity contribution is -0.143. The van der Waals surface area contributed by atoms with Crippen LogP contribution in [0.4, 0.5) is 0 Å². The summed E-state index contributed by atoms with van der Waals surface area (Å²) in [5.41, 5.74) is 1.18. The Bertz CT molecular complexity index is 621. The Labute approximate surface area is 162 Å². The van der Waals surface area contributed by atoms with E-state index >= 15 is 0 Å². The maximum absolute atomic E-state index is 13.0. The van der Waals surface area contributed by atoms with Crippen LogP contribution < -0.4 is 4.74 Å². The lowest BCUT2D eigenvalue weighted by Gasteiger charge is -2.35. The Morgan fingerprint density at radius 2 is 1.74 bits per heavy atom. The van der Waals surface area contributed by atoms with Crippen molar-refractivity contribution in [2.45, 2.75) is 51.4 Å². The number of methoxy groups -OCH3 is 1. The third-order valence-electron chi connectivity index (χ3n) is 5.85. The second kappa shape index (κ2) is 9.77. The van der Waals surface area contributed by atoms with Gasteiger partial charge in [0.05, 0.1) is 13.0 Å². The highest BCUT2D eigenvalue weighted by Crippen LogP contribution is 2.22. The van der Waals surface area contributed by atoms with E-state index in [1.165, 1.54) is 24.8 Å². The zero-order valence-corrected chi connectivity index (χ0v) is 16.5. The lowest BCUT2D eigenvalue weighted by Crippen LogP contribution is -2.48. The van der Waals surface area contributed by atoms with E-state index in [0.29, 0.717) is 25.9 Å². The molecule has 2 amide bonds. The van der Waals surface area contributed by atoms with Crippen LogP contribution in [0, 0.1) is 5.92 Å². The Balaban J connectivity index is 1.54. The van der Waals surface area contributed by atoms with Crippen molar-refractivity contribution in [2.24, 2.45) is 5.92 Å². The van der Waals surface area contributed by atoms with Crippen LogP contribution >= 0.6 is 0 Å². The Morgan fingerprint density at radius 1 is 1.07 bits per heavy atom. The van der Waals surface area contributed by atoms with E-state index in [4.69, 9.17) is 4.74 Å². The summed E-state index contributed by atoms with van der Waals surface area (Å²) in [5.74, 6) is 1.25. The summed E-state index contributed by atoms with van der Waals surface area (Å²) >= 11 is 0. The molecule has 0 saturated carbocycles. The van der Waals surface area contributed by atoms with E-state index in [2.05, 4.69) is 4.90 Å². The van der Waals surface area contributed by atoms with Crippen molar-refractivity contribution in [2.75, 3.05) is 33.3 Å². The molecule has 2 aliphatic heterocycles. The van der Waals surface area contributed by atoms with Crippen LogP contribution in [0.5, 0.6) is 5.75 Å². The predicted molar refractivity (Wildman–Crippen MR) is 106 cm³/mol. The molecule has 2 saturated heterocycles. The van der Waals surface area contributed by atoms with Crippen LogP contribution in [0.2, 0.25) is 0 Å². The van der Waals surface area contributed by atoms with Crippen molar-refractivity contribution in [3.05, 3.63) is 29.8 Å². The monoisotopic (exact) mass is 372 g/mol. The smallest absolute Gasteiger partial charge is 0.227 e. The fourth-order valence-corrected chi connectivity index (χ4v) is 4.11. The number of piperidine rings is 1. The van der Waals surface area contributed by atoms with Crippen LogP contribution in [0.1, 0.15) is 50.5 Å². The van der Waals surface area contributed by atoms with Gasteiger partial charge in [0.15, 0.2) is 0 Å². The van der Waals surface area contributed by atoms with Gasteiger partial charge in [-0.2, -0.15) is 0 Å². The number of carbonyl (C=O) groups excluding carboxylic acids is 2. The number of hydrogen-bond acceptors (Lipinski definition) is 3. The quantitative estimate of drug-likeness (QED) is 0.797. The standard InChI is InChI=1S/C22H32N2O3/c1-27-20-10-7-18(8-11-20)13-16-24-17-19(9-12-21(24)25)22(26)23-14-5-3-2-4-6-15-23/h7-8,10-11,19H,2-6,9,12-17H2,1H3/t19-/m0/s1. The number of rotatable bonds is 5. The van der Waals surface area contributed by atoms with Crippen LogP contribution in [-0.2, 0) is 16.0 Å². The molecule has 1 aromatic rings. The third-order valence-corrected chi connectivity index (χ3v) is 5.85.